The molecule has 0 radical (unpaired) electrons. The Morgan fingerprint density at radius 3 is 1.43 bits per heavy atom. The summed E-state index contributed by atoms with van der Waals surface area (Å²) in [7, 11) is -4.70. The van der Waals surface area contributed by atoms with Gasteiger partial charge in [0.25, 0.3) is 0 Å². The van der Waals surface area contributed by atoms with E-state index in [1.807, 2.05) is 0 Å². The Balaban J connectivity index is 0.000000567. The van der Waals surface area contributed by atoms with E-state index in [1.165, 1.54) is 51.4 Å². The Kier molecular flexibility index (Phi) is 16.5. The van der Waals surface area contributed by atoms with Crippen LogP contribution in [0.4, 0.5) is 0 Å². The maximum absolute atomic E-state index is 10.4. The summed E-state index contributed by atoms with van der Waals surface area (Å²) in [6, 6.07) is 8.55. The highest BCUT2D eigenvalue weighted by Gasteiger charge is 2.34. The van der Waals surface area contributed by atoms with Crippen LogP contribution in [-0.2, 0) is 10.7 Å². The van der Waals surface area contributed by atoms with E-state index in [1.54, 1.807) is 55.0 Å². The van der Waals surface area contributed by atoms with Crippen molar-refractivity contribution in [3.05, 3.63) is 35.9 Å². The first kappa shape index (κ1) is 27.8. The maximum Gasteiger partial charge on any atom is 0.136 e. The average molecular weight is 431 g/mol. The van der Waals surface area contributed by atoms with E-state index in [9.17, 15) is 9.46 Å². The predicted molar refractivity (Wildman–Crippen MR) is 126 cm³/mol. The molecule has 0 aliphatic carbocycles. The van der Waals surface area contributed by atoms with E-state index >= 15 is 0 Å². The summed E-state index contributed by atoms with van der Waals surface area (Å²) in [4.78, 5) is 18.9. The molecule has 0 saturated carbocycles. The van der Waals surface area contributed by atoms with Gasteiger partial charge in [0, 0.05) is 13.4 Å². The van der Waals surface area contributed by atoms with Crippen LogP contribution in [0.1, 0.15) is 84.6 Å². The molecule has 0 bridgehead atoms. The first-order chi connectivity index (χ1) is 13.3. The van der Waals surface area contributed by atoms with Crippen LogP contribution >= 0.6 is 14.9 Å². The summed E-state index contributed by atoms with van der Waals surface area (Å²) in [5, 5.41) is 0. The van der Waals surface area contributed by atoms with Gasteiger partial charge in [-0.3, -0.25) is 0 Å². The van der Waals surface area contributed by atoms with Gasteiger partial charge in [0.1, 0.15) is 7.60 Å². The molecule has 1 unspecified atom stereocenters. The minimum atomic E-state index is -4.14. The molecule has 1 N–H and O–H groups in total. The second kappa shape index (κ2) is 16.6. The number of hydrogen-bond donors (Lipinski definition) is 1. The van der Waals surface area contributed by atoms with Gasteiger partial charge < -0.3 is 14.4 Å². The molecule has 0 heterocycles. The average Bonchev–Trinajstić information content (AvgIpc) is 2.67. The first-order valence-corrected chi connectivity index (χ1v) is 15.5. The molecule has 0 fully saturated rings. The molecule has 0 spiro atoms. The van der Waals surface area contributed by atoms with Crippen LogP contribution in [-0.4, -0.2) is 29.5 Å². The third kappa shape index (κ3) is 14.7. The molecule has 1 aromatic carbocycles. The zero-order valence-electron chi connectivity index (χ0n) is 18.7. The maximum atomic E-state index is 10.4. The Labute approximate surface area is 175 Å². The van der Waals surface area contributed by atoms with Crippen molar-refractivity contribution in [3.8, 4) is 0 Å². The predicted octanol–water partition coefficient (Wildman–Crippen LogP) is 6.94. The van der Waals surface area contributed by atoms with Gasteiger partial charge in [0.2, 0.25) is 0 Å². The molecule has 5 heteroatoms. The first-order valence-electron chi connectivity index (χ1n) is 11.2. The fourth-order valence-corrected chi connectivity index (χ4v) is 9.42. The lowest BCUT2D eigenvalue weighted by atomic mass is 10.2. The Morgan fingerprint density at radius 1 is 0.786 bits per heavy atom. The molecule has 28 heavy (non-hydrogen) atoms. The van der Waals surface area contributed by atoms with Crippen molar-refractivity contribution in [3.63, 3.8) is 0 Å². The monoisotopic (exact) mass is 430 g/mol. The van der Waals surface area contributed by atoms with Crippen LogP contribution in [0, 0.1) is 0 Å². The van der Waals surface area contributed by atoms with E-state index in [0.717, 1.165) is 0 Å². The molecule has 3 nitrogen and oxygen atoms in total. The van der Waals surface area contributed by atoms with Crippen LogP contribution in [0.2, 0.25) is 0 Å². The van der Waals surface area contributed by atoms with E-state index in [2.05, 4.69) is 27.7 Å². The van der Waals surface area contributed by atoms with Crippen molar-refractivity contribution in [2.24, 2.45) is 0 Å². The quantitative estimate of drug-likeness (QED) is 0.325. The summed E-state index contributed by atoms with van der Waals surface area (Å²) in [5.74, 6) is 0. The van der Waals surface area contributed by atoms with Crippen LogP contribution in [0.3, 0.4) is 0 Å². The highest BCUT2D eigenvalue weighted by atomic mass is 31.2. The van der Waals surface area contributed by atoms with Crippen LogP contribution in [0.5, 0.6) is 0 Å². The minimum Gasteiger partial charge on any atom is -0.778 e. The van der Waals surface area contributed by atoms with Crippen LogP contribution in [0.15, 0.2) is 30.3 Å². The van der Waals surface area contributed by atoms with Crippen molar-refractivity contribution >= 4 is 14.9 Å². The minimum absolute atomic E-state index is 0.284. The summed E-state index contributed by atoms with van der Waals surface area (Å²) < 4.78 is 10.4. The topological polar surface area (TPSA) is 60.4 Å². The van der Waals surface area contributed by atoms with Gasteiger partial charge in [-0.2, -0.15) is 0 Å². The van der Waals surface area contributed by atoms with Crippen molar-refractivity contribution in [2.45, 2.75) is 85.2 Å². The SMILES string of the molecule is CCCC[P+](CCCC)(CCCC)CCCC.O=P([O-])(O)Cc1ccccc1. The van der Waals surface area contributed by atoms with Gasteiger partial charge in [0.15, 0.2) is 0 Å². The van der Waals surface area contributed by atoms with E-state index < -0.39 is 14.9 Å². The number of benzene rings is 1. The summed E-state index contributed by atoms with van der Waals surface area (Å²) >= 11 is 0. The molecule has 1 aromatic rings. The number of rotatable bonds is 14. The second-order valence-electron chi connectivity index (χ2n) is 7.93. The van der Waals surface area contributed by atoms with Crippen LogP contribution < -0.4 is 4.89 Å². The van der Waals surface area contributed by atoms with Gasteiger partial charge in [-0.05, 0) is 31.2 Å². The molecule has 0 saturated heterocycles. The molecular weight excluding hydrogens is 386 g/mol. The standard InChI is InChI=1S/C16H36P.C7H9O3P/c1-5-9-13-17(14-10-6-2,15-11-7-3)16-12-8-4;8-11(9,10)6-7-4-2-1-3-5-7/h5-16H2,1-4H3;1-5H,6H2,(H2,8,9,10)/q+1;/p-1. The van der Waals surface area contributed by atoms with Gasteiger partial charge in [0.05, 0.1) is 24.6 Å². The fourth-order valence-electron chi connectivity index (χ4n) is 3.46. The molecule has 0 aliphatic heterocycles. The summed E-state index contributed by atoms with van der Waals surface area (Å²) in [6.45, 7) is 9.42. The molecule has 1 rings (SSSR count). The van der Waals surface area contributed by atoms with Crippen molar-refractivity contribution in [2.75, 3.05) is 24.6 Å². The Bertz CT molecular complexity index is 476. The molecular formula is C23H44O3P2. The largest absolute Gasteiger partial charge is 0.778 e. The lowest BCUT2D eigenvalue weighted by Gasteiger charge is -2.28. The number of hydrogen-bond acceptors (Lipinski definition) is 2. The zero-order chi connectivity index (χ0) is 21.3. The van der Waals surface area contributed by atoms with Gasteiger partial charge in [-0.25, -0.2) is 0 Å². The van der Waals surface area contributed by atoms with Crippen molar-refractivity contribution in [1.29, 1.82) is 0 Å². The molecule has 0 aromatic heterocycles. The van der Waals surface area contributed by atoms with Crippen molar-refractivity contribution < 1.29 is 14.4 Å². The smallest absolute Gasteiger partial charge is 0.136 e. The summed E-state index contributed by atoms with van der Waals surface area (Å²) in [6.07, 6.45) is 17.7. The van der Waals surface area contributed by atoms with E-state index in [0.29, 0.717) is 5.56 Å². The summed E-state index contributed by atoms with van der Waals surface area (Å²) in [5.41, 5.74) is 0.605. The highest BCUT2D eigenvalue weighted by molar-refractivity contribution is 7.75. The third-order valence-electron chi connectivity index (χ3n) is 5.17. The van der Waals surface area contributed by atoms with Gasteiger partial charge in [-0.15, -0.1) is 0 Å². The molecule has 164 valence electrons. The highest BCUT2D eigenvalue weighted by Crippen LogP contribution is 2.61. The Hall–Kier alpha value is -0.200. The van der Waals surface area contributed by atoms with Gasteiger partial charge >= 0.3 is 0 Å². The normalized spacial score (nSPS) is 13.5. The molecule has 1 atom stereocenters. The van der Waals surface area contributed by atoms with Crippen LogP contribution in [0.25, 0.3) is 0 Å². The van der Waals surface area contributed by atoms with Gasteiger partial charge in [-0.1, -0.05) is 83.7 Å². The van der Waals surface area contributed by atoms with E-state index in [4.69, 9.17) is 4.89 Å². The number of unbranched alkanes of at least 4 members (excludes halogenated alkanes) is 4. The Morgan fingerprint density at radius 2 is 1.14 bits per heavy atom. The lowest BCUT2D eigenvalue weighted by molar-refractivity contribution is -0.194. The lowest BCUT2D eigenvalue weighted by Crippen LogP contribution is -2.12. The second-order valence-corrected chi connectivity index (χ2v) is 14.0. The molecule has 0 aliphatic rings. The fraction of sp³-hybridized carbons (Fsp3) is 0.739. The zero-order valence-corrected chi connectivity index (χ0v) is 20.5. The third-order valence-corrected chi connectivity index (χ3v) is 11.0. The molecule has 0 amide bonds. The van der Waals surface area contributed by atoms with E-state index in [-0.39, 0.29) is 6.16 Å². The van der Waals surface area contributed by atoms with Crippen molar-refractivity contribution in [1.82, 2.24) is 0 Å².